The molecule has 0 bridgehead atoms. The average Bonchev–Trinajstić information content (AvgIpc) is 3.33. The van der Waals surface area contributed by atoms with Crippen LogP contribution < -0.4 is 11.1 Å². The number of rotatable bonds is 58. The summed E-state index contributed by atoms with van der Waals surface area (Å²) in [6, 6.07) is -0.856. The van der Waals surface area contributed by atoms with Crippen molar-refractivity contribution in [2.75, 3.05) is 19.8 Å². The highest BCUT2D eigenvalue weighted by Gasteiger charge is 2.27. The molecular formula is C59H119N2O6P. The summed E-state index contributed by atoms with van der Waals surface area (Å²) in [6.45, 7) is 4.18. The number of amides is 1. The number of nitrogens with one attached hydrogen (secondary N) is 1. The van der Waals surface area contributed by atoms with Gasteiger partial charge in [-0.05, 0) is 19.3 Å². The molecule has 0 aromatic carbocycles. The van der Waals surface area contributed by atoms with Crippen molar-refractivity contribution in [2.45, 2.75) is 341 Å². The van der Waals surface area contributed by atoms with E-state index in [2.05, 4.69) is 19.2 Å². The number of phosphoric ester groups is 1. The summed E-state index contributed by atoms with van der Waals surface area (Å²) < 4.78 is 22.2. The number of allylic oxidation sites excluding steroid dienone is 1. The first-order valence-electron chi connectivity index (χ1n) is 30.3. The second-order valence-electron chi connectivity index (χ2n) is 20.9. The number of carbonyl (C=O) groups is 1. The van der Waals surface area contributed by atoms with Crippen molar-refractivity contribution < 1.29 is 28.4 Å². The summed E-state index contributed by atoms with van der Waals surface area (Å²) in [5.41, 5.74) is 5.40. The fourth-order valence-corrected chi connectivity index (χ4v) is 10.3. The van der Waals surface area contributed by atoms with Crippen LogP contribution in [0.4, 0.5) is 0 Å². The molecule has 0 aliphatic rings. The third-order valence-corrected chi connectivity index (χ3v) is 15.1. The number of hydrogen-bond acceptors (Lipinski definition) is 6. The Morgan fingerprint density at radius 3 is 1.04 bits per heavy atom. The minimum absolute atomic E-state index is 0.0816. The van der Waals surface area contributed by atoms with Gasteiger partial charge < -0.3 is 21.1 Å². The third kappa shape index (κ3) is 53.0. The fourth-order valence-electron chi connectivity index (χ4n) is 9.55. The van der Waals surface area contributed by atoms with Gasteiger partial charge in [0.2, 0.25) is 5.91 Å². The maximum Gasteiger partial charge on any atom is 0.472 e. The van der Waals surface area contributed by atoms with Crippen LogP contribution in [0.1, 0.15) is 328 Å². The predicted octanol–water partition coefficient (Wildman–Crippen LogP) is 18.6. The molecule has 406 valence electrons. The number of hydrogen-bond donors (Lipinski definition) is 4. The van der Waals surface area contributed by atoms with Crippen LogP contribution in [0, 0.1) is 0 Å². The zero-order valence-electron chi connectivity index (χ0n) is 45.6. The van der Waals surface area contributed by atoms with Crippen molar-refractivity contribution in [3.8, 4) is 0 Å². The Morgan fingerprint density at radius 1 is 0.471 bits per heavy atom. The van der Waals surface area contributed by atoms with E-state index in [9.17, 15) is 19.4 Å². The first-order chi connectivity index (χ1) is 33.4. The summed E-state index contributed by atoms with van der Waals surface area (Å²) in [6.07, 6.45) is 67.6. The van der Waals surface area contributed by atoms with Crippen molar-refractivity contribution >= 4 is 13.7 Å². The molecule has 5 N–H and O–H groups in total. The van der Waals surface area contributed by atoms with Crippen LogP contribution in [0.3, 0.4) is 0 Å². The van der Waals surface area contributed by atoms with Crippen LogP contribution in [0.2, 0.25) is 0 Å². The van der Waals surface area contributed by atoms with Gasteiger partial charge in [0.15, 0.2) is 0 Å². The van der Waals surface area contributed by atoms with Gasteiger partial charge in [0, 0.05) is 13.0 Å². The standard InChI is InChI=1S/C59H119N2O6P/c1-3-5-7-9-11-13-15-17-18-19-20-21-22-23-24-25-26-27-28-29-30-31-32-33-34-35-36-37-38-39-41-43-45-47-49-51-53-59(63)61-57(56-67-68(64,65)66-55-54-60)58(62)52-50-48-46-44-42-40-16-14-12-10-8-6-4-2/h50,52,57-58,62H,3-49,51,53-56,60H2,1-2H3,(H,61,63)(H,64,65)/b52-50+/t57-,58+/m0/s1. The van der Waals surface area contributed by atoms with Gasteiger partial charge in [-0.15, -0.1) is 0 Å². The first kappa shape index (κ1) is 67.2. The molecule has 3 atom stereocenters. The Hall–Kier alpha value is -0.760. The molecule has 0 aliphatic carbocycles. The van der Waals surface area contributed by atoms with E-state index in [4.69, 9.17) is 14.8 Å². The summed E-state index contributed by atoms with van der Waals surface area (Å²) in [5.74, 6) is -0.187. The van der Waals surface area contributed by atoms with Crippen LogP contribution in [0.5, 0.6) is 0 Å². The third-order valence-electron chi connectivity index (χ3n) is 14.1. The van der Waals surface area contributed by atoms with Gasteiger partial charge >= 0.3 is 7.82 Å². The first-order valence-corrected chi connectivity index (χ1v) is 31.8. The second kappa shape index (κ2) is 55.6. The van der Waals surface area contributed by atoms with Crippen molar-refractivity contribution in [3.63, 3.8) is 0 Å². The Labute approximate surface area is 424 Å². The van der Waals surface area contributed by atoms with Gasteiger partial charge in [-0.1, -0.05) is 315 Å². The lowest BCUT2D eigenvalue weighted by atomic mass is 10.0. The van der Waals surface area contributed by atoms with E-state index in [1.807, 2.05) is 6.08 Å². The summed E-state index contributed by atoms with van der Waals surface area (Å²) >= 11 is 0. The Bertz CT molecular complexity index is 1080. The molecule has 1 amide bonds. The maximum absolute atomic E-state index is 12.8. The Morgan fingerprint density at radius 2 is 0.750 bits per heavy atom. The van der Waals surface area contributed by atoms with Crippen LogP contribution in [-0.2, 0) is 18.4 Å². The van der Waals surface area contributed by atoms with Gasteiger partial charge in [-0.2, -0.15) is 0 Å². The van der Waals surface area contributed by atoms with Crippen molar-refractivity contribution in [3.05, 3.63) is 12.2 Å². The van der Waals surface area contributed by atoms with Crippen molar-refractivity contribution in [1.29, 1.82) is 0 Å². The molecule has 0 aromatic rings. The van der Waals surface area contributed by atoms with Gasteiger partial charge in [0.1, 0.15) is 0 Å². The van der Waals surface area contributed by atoms with Crippen LogP contribution in [0.15, 0.2) is 12.2 Å². The molecule has 8 nitrogen and oxygen atoms in total. The molecular weight excluding hydrogens is 864 g/mol. The summed E-state index contributed by atoms with van der Waals surface area (Å²) in [5, 5.41) is 13.7. The zero-order chi connectivity index (χ0) is 49.5. The lowest BCUT2D eigenvalue weighted by molar-refractivity contribution is -0.123. The zero-order valence-corrected chi connectivity index (χ0v) is 46.5. The van der Waals surface area contributed by atoms with E-state index in [1.165, 1.54) is 270 Å². The molecule has 0 rings (SSSR count). The molecule has 0 radical (unpaired) electrons. The fraction of sp³-hybridized carbons (Fsp3) is 0.949. The van der Waals surface area contributed by atoms with E-state index in [1.54, 1.807) is 6.08 Å². The number of aliphatic hydroxyl groups excluding tert-OH is 1. The molecule has 68 heavy (non-hydrogen) atoms. The highest BCUT2D eigenvalue weighted by Crippen LogP contribution is 2.43. The molecule has 0 fully saturated rings. The Balaban J connectivity index is 3.74. The largest absolute Gasteiger partial charge is 0.472 e. The highest BCUT2D eigenvalue weighted by molar-refractivity contribution is 7.47. The quantitative estimate of drug-likeness (QED) is 0.0271. The Kier molecular flexibility index (Phi) is 54.9. The molecule has 0 spiro atoms. The minimum Gasteiger partial charge on any atom is -0.387 e. The van der Waals surface area contributed by atoms with Crippen LogP contribution in [-0.4, -0.2) is 47.8 Å². The lowest BCUT2D eigenvalue weighted by Crippen LogP contribution is -2.45. The van der Waals surface area contributed by atoms with Crippen molar-refractivity contribution in [2.24, 2.45) is 5.73 Å². The molecule has 0 aliphatic heterocycles. The molecule has 0 saturated heterocycles. The molecule has 9 heteroatoms. The number of nitrogens with two attached hydrogens (primary N) is 1. The number of aliphatic hydroxyl groups is 1. The summed E-state index contributed by atoms with van der Waals surface area (Å²) in [4.78, 5) is 22.8. The minimum atomic E-state index is -4.34. The molecule has 0 saturated carbocycles. The van der Waals surface area contributed by atoms with E-state index in [-0.39, 0.29) is 25.7 Å². The second-order valence-corrected chi connectivity index (χ2v) is 22.4. The summed E-state index contributed by atoms with van der Waals surface area (Å²) in [7, 11) is -4.34. The van der Waals surface area contributed by atoms with Crippen LogP contribution >= 0.6 is 7.82 Å². The van der Waals surface area contributed by atoms with Gasteiger partial charge in [0.25, 0.3) is 0 Å². The monoisotopic (exact) mass is 983 g/mol. The molecule has 0 aromatic heterocycles. The number of phosphoric acid groups is 1. The number of unbranched alkanes of at least 4 members (excludes halogenated alkanes) is 46. The predicted molar refractivity (Wildman–Crippen MR) is 295 cm³/mol. The molecule has 0 heterocycles. The van der Waals surface area contributed by atoms with Gasteiger partial charge in [-0.25, -0.2) is 4.57 Å². The topological polar surface area (TPSA) is 131 Å². The smallest absolute Gasteiger partial charge is 0.387 e. The number of carbonyl (C=O) groups excluding carboxylic acids is 1. The van der Waals surface area contributed by atoms with E-state index < -0.39 is 20.0 Å². The van der Waals surface area contributed by atoms with E-state index in [0.29, 0.717) is 6.42 Å². The molecule has 1 unspecified atom stereocenters. The maximum atomic E-state index is 12.8. The van der Waals surface area contributed by atoms with Gasteiger partial charge in [0.05, 0.1) is 25.4 Å². The SMILES string of the molecule is CCCCCCCCCCCCC/C=C/[C@@H](O)[C@H](COP(=O)(O)OCCN)NC(=O)CCCCCCCCCCCCCCCCCCCCCCCCCCCCCCCCCCCCCC. The van der Waals surface area contributed by atoms with Crippen molar-refractivity contribution in [1.82, 2.24) is 5.32 Å². The lowest BCUT2D eigenvalue weighted by Gasteiger charge is -2.23. The van der Waals surface area contributed by atoms with E-state index in [0.717, 1.165) is 38.5 Å². The van der Waals surface area contributed by atoms with E-state index >= 15 is 0 Å². The average molecular weight is 984 g/mol. The normalized spacial score (nSPS) is 13.7. The highest BCUT2D eigenvalue weighted by atomic mass is 31.2. The van der Waals surface area contributed by atoms with Gasteiger partial charge in [-0.3, -0.25) is 13.8 Å². The van der Waals surface area contributed by atoms with Crippen LogP contribution in [0.25, 0.3) is 0 Å².